The molecule has 2 nitrogen and oxygen atoms in total. The Balaban J connectivity index is 2.02. The second-order valence-corrected chi connectivity index (χ2v) is 4.62. The van der Waals surface area contributed by atoms with E-state index in [1.165, 1.54) is 19.3 Å². The van der Waals surface area contributed by atoms with Gasteiger partial charge >= 0.3 is 5.97 Å². The van der Waals surface area contributed by atoms with Crippen molar-refractivity contribution >= 4 is 5.97 Å². The number of fused-ring (bicyclic) bond motifs is 2. The highest BCUT2D eigenvalue weighted by atomic mass is 16.4. The molecule has 14 heavy (non-hydrogen) atoms. The van der Waals surface area contributed by atoms with Gasteiger partial charge in [0.15, 0.2) is 0 Å². The molecule has 0 heterocycles. The quantitative estimate of drug-likeness (QED) is 0.551. The molecule has 2 rings (SSSR count). The van der Waals surface area contributed by atoms with Crippen molar-refractivity contribution in [1.82, 2.24) is 0 Å². The molecule has 0 aromatic heterocycles. The summed E-state index contributed by atoms with van der Waals surface area (Å²) in [5.41, 5.74) is 0.782. The van der Waals surface area contributed by atoms with E-state index in [0.717, 1.165) is 12.3 Å². The molecule has 0 radical (unpaired) electrons. The second kappa shape index (κ2) is 3.26. The first-order valence-electron chi connectivity index (χ1n) is 5.21. The Hall–Kier alpha value is -1.05. The van der Waals surface area contributed by atoms with Gasteiger partial charge in [0.05, 0.1) is 0 Å². The molecule has 0 saturated heterocycles. The Morgan fingerprint density at radius 1 is 1.71 bits per heavy atom. The van der Waals surface area contributed by atoms with Crippen LogP contribution in [0.1, 0.15) is 32.6 Å². The van der Waals surface area contributed by atoms with Crippen LogP contribution in [0, 0.1) is 11.3 Å². The maximum absolute atomic E-state index is 10.6. The van der Waals surface area contributed by atoms with E-state index in [2.05, 4.69) is 12.2 Å². The molecule has 1 N–H and O–H groups in total. The molecule has 0 spiro atoms. The summed E-state index contributed by atoms with van der Waals surface area (Å²) in [7, 11) is 0. The van der Waals surface area contributed by atoms with Crippen LogP contribution in [-0.2, 0) is 4.79 Å². The Kier molecular flexibility index (Phi) is 2.22. The topological polar surface area (TPSA) is 37.3 Å². The van der Waals surface area contributed by atoms with E-state index >= 15 is 0 Å². The maximum Gasteiger partial charge on any atom is 0.330 e. The molecule has 1 saturated carbocycles. The van der Waals surface area contributed by atoms with Crippen LogP contribution >= 0.6 is 0 Å². The zero-order valence-corrected chi connectivity index (χ0v) is 8.49. The normalized spacial score (nSPS) is 35.2. The summed E-state index contributed by atoms with van der Waals surface area (Å²) >= 11 is 0. The van der Waals surface area contributed by atoms with Crippen LogP contribution in [0.25, 0.3) is 0 Å². The number of allylic oxidation sites excluding steroid dienone is 3. The summed E-state index contributed by atoms with van der Waals surface area (Å²) in [6, 6.07) is 0. The fourth-order valence-electron chi connectivity index (χ4n) is 2.55. The highest BCUT2D eigenvalue weighted by Gasteiger charge is 2.39. The third-order valence-electron chi connectivity index (χ3n) is 3.56. The van der Waals surface area contributed by atoms with Gasteiger partial charge in [0.25, 0.3) is 0 Å². The molecule has 1 fully saturated rings. The first-order chi connectivity index (χ1) is 6.61. The zero-order chi connectivity index (χ0) is 10.2. The van der Waals surface area contributed by atoms with Gasteiger partial charge in [0.1, 0.15) is 0 Å². The highest BCUT2D eigenvalue weighted by Crippen LogP contribution is 2.51. The van der Waals surface area contributed by atoms with Crippen molar-refractivity contribution in [3.8, 4) is 0 Å². The van der Waals surface area contributed by atoms with Crippen molar-refractivity contribution in [2.45, 2.75) is 32.6 Å². The summed E-state index contributed by atoms with van der Waals surface area (Å²) < 4.78 is 0. The lowest BCUT2D eigenvalue weighted by atomic mass is 9.84. The largest absolute Gasteiger partial charge is 0.478 e. The maximum atomic E-state index is 10.6. The molecule has 2 unspecified atom stereocenters. The zero-order valence-electron chi connectivity index (χ0n) is 8.49. The average Bonchev–Trinajstić information content (AvgIpc) is 2.74. The van der Waals surface area contributed by atoms with E-state index in [-0.39, 0.29) is 0 Å². The SMILES string of the molecule is CC(=CCC12C=CC(CC1)C2)C(=O)O. The number of hydrogen-bond acceptors (Lipinski definition) is 1. The van der Waals surface area contributed by atoms with Gasteiger partial charge in [-0.1, -0.05) is 18.2 Å². The molecule has 2 aliphatic carbocycles. The number of hydrogen-bond donors (Lipinski definition) is 1. The van der Waals surface area contributed by atoms with Gasteiger partial charge in [0.2, 0.25) is 0 Å². The number of carbonyl (C=O) groups is 1. The Morgan fingerprint density at radius 3 is 2.93 bits per heavy atom. The van der Waals surface area contributed by atoms with Gasteiger partial charge in [-0.25, -0.2) is 4.79 Å². The van der Waals surface area contributed by atoms with Crippen molar-refractivity contribution < 1.29 is 9.90 Å². The molecular formula is C12H16O2. The minimum atomic E-state index is -0.794. The van der Waals surface area contributed by atoms with Crippen molar-refractivity contribution in [1.29, 1.82) is 0 Å². The smallest absolute Gasteiger partial charge is 0.330 e. The van der Waals surface area contributed by atoms with Crippen LogP contribution in [0.5, 0.6) is 0 Å². The fraction of sp³-hybridized carbons (Fsp3) is 0.583. The fourth-order valence-corrected chi connectivity index (χ4v) is 2.55. The Labute approximate surface area is 84.3 Å². The van der Waals surface area contributed by atoms with Crippen LogP contribution in [0.3, 0.4) is 0 Å². The lowest BCUT2D eigenvalue weighted by Crippen LogP contribution is -2.10. The molecule has 0 aromatic carbocycles. The van der Waals surface area contributed by atoms with Crippen LogP contribution in [0.15, 0.2) is 23.8 Å². The van der Waals surface area contributed by atoms with E-state index in [1.54, 1.807) is 6.92 Å². The minimum Gasteiger partial charge on any atom is -0.478 e. The monoisotopic (exact) mass is 192 g/mol. The average molecular weight is 192 g/mol. The first-order valence-corrected chi connectivity index (χ1v) is 5.21. The van der Waals surface area contributed by atoms with Crippen LogP contribution in [-0.4, -0.2) is 11.1 Å². The van der Waals surface area contributed by atoms with Gasteiger partial charge in [-0.3, -0.25) is 0 Å². The van der Waals surface area contributed by atoms with E-state index in [1.807, 2.05) is 6.08 Å². The van der Waals surface area contributed by atoms with Gasteiger partial charge in [-0.15, -0.1) is 0 Å². The predicted molar refractivity (Wildman–Crippen MR) is 54.9 cm³/mol. The third kappa shape index (κ3) is 1.61. The minimum absolute atomic E-state index is 0.307. The summed E-state index contributed by atoms with van der Waals surface area (Å²) in [6.45, 7) is 1.67. The van der Waals surface area contributed by atoms with Gasteiger partial charge in [-0.2, -0.15) is 0 Å². The van der Waals surface area contributed by atoms with Crippen molar-refractivity contribution in [2.75, 3.05) is 0 Å². The second-order valence-electron chi connectivity index (χ2n) is 4.62. The molecule has 0 aliphatic heterocycles. The number of rotatable bonds is 3. The van der Waals surface area contributed by atoms with Crippen LogP contribution in [0.2, 0.25) is 0 Å². The summed E-state index contributed by atoms with van der Waals surface area (Å²) in [5.74, 6) is -0.0218. The Morgan fingerprint density at radius 2 is 2.50 bits per heavy atom. The van der Waals surface area contributed by atoms with E-state index in [4.69, 9.17) is 5.11 Å². The lowest BCUT2D eigenvalue weighted by molar-refractivity contribution is -0.132. The number of carboxylic acid groups (broad SMARTS) is 1. The van der Waals surface area contributed by atoms with Crippen LogP contribution in [0.4, 0.5) is 0 Å². The molecule has 0 amide bonds. The first kappa shape index (κ1) is 9.50. The summed E-state index contributed by atoms with van der Waals surface area (Å²) in [4.78, 5) is 10.6. The Bertz CT molecular complexity index is 314. The molecule has 0 aromatic rings. The molecule has 76 valence electrons. The standard InChI is InChI=1S/C12H16O2/c1-9(11(13)14)2-5-12-6-3-10(8-12)4-7-12/h2-3,6,10H,4-5,7-8H2,1H3,(H,13,14). The van der Waals surface area contributed by atoms with Crippen LogP contribution < -0.4 is 0 Å². The van der Waals surface area contributed by atoms with Crippen molar-refractivity contribution in [3.05, 3.63) is 23.8 Å². The lowest BCUT2D eigenvalue weighted by Gasteiger charge is -2.21. The molecule has 2 heteroatoms. The molecule has 2 atom stereocenters. The van der Waals surface area contributed by atoms with Gasteiger partial charge < -0.3 is 5.11 Å². The number of carboxylic acids is 1. The van der Waals surface area contributed by atoms with Crippen molar-refractivity contribution in [2.24, 2.45) is 11.3 Å². The van der Waals surface area contributed by atoms with Crippen molar-refractivity contribution in [3.63, 3.8) is 0 Å². The van der Waals surface area contributed by atoms with E-state index in [9.17, 15) is 4.79 Å². The highest BCUT2D eigenvalue weighted by molar-refractivity contribution is 5.85. The molecular weight excluding hydrogens is 176 g/mol. The molecule has 2 aliphatic rings. The molecule has 2 bridgehead atoms. The summed E-state index contributed by atoms with van der Waals surface area (Å²) in [5, 5.41) is 8.74. The van der Waals surface area contributed by atoms with E-state index < -0.39 is 5.97 Å². The van der Waals surface area contributed by atoms with Gasteiger partial charge in [-0.05, 0) is 43.9 Å². The summed E-state index contributed by atoms with van der Waals surface area (Å²) in [6.07, 6.45) is 11.1. The third-order valence-corrected chi connectivity index (χ3v) is 3.56. The number of aliphatic carboxylic acids is 1. The van der Waals surface area contributed by atoms with Gasteiger partial charge in [0, 0.05) is 5.57 Å². The van der Waals surface area contributed by atoms with E-state index in [0.29, 0.717) is 11.0 Å². The predicted octanol–water partition coefficient (Wildman–Crippen LogP) is 2.76.